The smallest absolute Gasteiger partial charge is 0.222 e. The van der Waals surface area contributed by atoms with Crippen LogP contribution >= 0.6 is 0 Å². The van der Waals surface area contributed by atoms with Gasteiger partial charge in [0.2, 0.25) is 5.95 Å². The van der Waals surface area contributed by atoms with Crippen molar-refractivity contribution in [3.63, 3.8) is 0 Å². The molecule has 0 unspecified atom stereocenters. The Morgan fingerprint density at radius 1 is 0.871 bits per heavy atom. The van der Waals surface area contributed by atoms with E-state index < -0.39 is 0 Å². The van der Waals surface area contributed by atoms with Crippen molar-refractivity contribution < 1.29 is 0 Å². The SMILES string of the molecule is CCCCCc1nc(N)nc2nc(CCCCN(C)C)n(CCCc3ccccc3)c12. The summed E-state index contributed by atoms with van der Waals surface area (Å²) in [5.41, 5.74) is 10.3. The van der Waals surface area contributed by atoms with Crippen LogP contribution in [0, 0.1) is 0 Å². The van der Waals surface area contributed by atoms with Gasteiger partial charge in [-0.2, -0.15) is 4.98 Å². The van der Waals surface area contributed by atoms with E-state index in [4.69, 9.17) is 10.7 Å². The topological polar surface area (TPSA) is 72.9 Å². The third kappa shape index (κ3) is 6.76. The number of aryl methyl sites for hydroxylation is 4. The number of aromatic nitrogens is 4. The van der Waals surface area contributed by atoms with Crippen LogP contribution in [0.3, 0.4) is 0 Å². The lowest BCUT2D eigenvalue weighted by atomic mass is 10.1. The minimum Gasteiger partial charge on any atom is -0.368 e. The Bertz CT molecular complexity index is 932. The molecule has 0 aliphatic rings. The average molecular weight is 423 g/mol. The molecule has 2 heterocycles. The molecular formula is C25H38N6. The Balaban J connectivity index is 1.84. The fourth-order valence-electron chi connectivity index (χ4n) is 4.12. The molecule has 0 saturated carbocycles. The predicted molar refractivity (Wildman–Crippen MR) is 129 cm³/mol. The van der Waals surface area contributed by atoms with E-state index in [1.54, 1.807) is 0 Å². The highest BCUT2D eigenvalue weighted by molar-refractivity contribution is 5.75. The summed E-state index contributed by atoms with van der Waals surface area (Å²) in [5.74, 6) is 1.46. The number of hydrogen-bond donors (Lipinski definition) is 1. The van der Waals surface area contributed by atoms with Gasteiger partial charge in [-0.25, -0.2) is 9.97 Å². The highest BCUT2D eigenvalue weighted by Gasteiger charge is 2.17. The molecule has 3 rings (SSSR count). The van der Waals surface area contributed by atoms with E-state index in [1.807, 2.05) is 0 Å². The lowest BCUT2D eigenvalue weighted by Gasteiger charge is -2.12. The van der Waals surface area contributed by atoms with Crippen molar-refractivity contribution in [1.82, 2.24) is 24.4 Å². The molecule has 31 heavy (non-hydrogen) atoms. The van der Waals surface area contributed by atoms with Crippen molar-refractivity contribution in [2.24, 2.45) is 0 Å². The van der Waals surface area contributed by atoms with Crippen LogP contribution in [0.25, 0.3) is 11.2 Å². The number of imidazole rings is 1. The summed E-state index contributed by atoms with van der Waals surface area (Å²) < 4.78 is 2.38. The quantitative estimate of drug-likeness (QED) is 0.406. The zero-order chi connectivity index (χ0) is 22.1. The van der Waals surface area contributed by atoms with Crippen LogP contribution in [0.1, 0.15) is 62.5 Å². The van der Waals surface area contributed by atoms with Crippen molar-refractivity contribution in [1.29, 1.82) is 0 Å². The normalized spacial score (nSPS) is 11.6. The zero-order valence-corrected chi connectivity index (χ0v) is 19.5. The molecule has 6 nitrogen and oxygen atoms in total. The van der Waals surface area contributed by atoms with Crippen molar-refractivity contribution in [2.45, 2.75) is 71.3 Å². The Hall–Kier alpha value is -2.47. The number of anilines is 1. The van der Waals surface area contributed by atoms with Crippen molar-refractivity contribution in [2.75, 3.05) is 26.4 Å². The summed E-state index contributed by atoms with van der Waals surface area (Å²) >= 11 is 0. The van der Waals surface area contributed by atoms with Gasteiger partial charge < -0.3 is 15.2 Å². The molecule has 0 saturated heterocycles. The fraction of sp³-hybridized carbons (Fsp3) is 0.560. The van der Waals surface area contributed by atoms with Crippen molar-refractivity contribution >= 4 is 17.1 Å². The maximum absolute atomic E-state index is 6.04. The molecule has 2 aromatic heterocycles. The summed E-state index contributed by atoms with van der Waals surface area (Å²) in [5, 5.41) is 0. The van der Waals surface area contributed by atoms with E-state index >= 15 is 0 Å². The lowest BCUT2D eigenvalue weighted by Crippen LogP contribution is -2.13. The first-order valence-corrected chi connectivity index (χ1v) is 11.8. The van der Waals surface area contributed by atoms with Gasteiger partial charge in [-0.3, -0.25) is 0 Å². The lowest BCUT2D eigenvalue weighted by molar-refractivity contribution is 0.393. The molecule has 0 amide bonds. The number of nitrogens with zero attached hydrogens (tertiary/aromatic N) is 5. The van der Waals surface area contributed by atoms with Gasteiger partial charge in [-0.1, -0.05) is 50.1 Å². The molecule has 0 spiro atoms. The number of unbranched alkanes of at least 4 members (excludes halogenated alkanes) is 3. The minimum atomic E-state index is 0.340. The van der Waals surface area contributed by atoms with Gasteiger partial charge in [0.05, 0.1) is 5.69 Å². The predicted octanol–water partition coefficient (Wildman–Crippen LogP) is 4.66. The first kappa shape index (κ1) is 23.2. The van der Waals surface area contributed by atoms with Crippen LogP contribution < -0.4 is 5.73 Å². The Labute approximate surface area is 186 Å². The molecule has 2 N–H and O–H groups in total. The average Bonchev–Trinajstić information content (AvgIpc) is 3.09. The minimum absolute atomic E-state index is 0.340. The zero-order valence-electron chi connectivity index (χ0n) is 19.5. The van der Waals surface area contributed by atoms with Gasteiger partial charge in [0.25, 0.3) is 0 Å². The molecule has 6 heteroatoms. The third-order valence-electron chi connectivity index (χ3n) is 5.73. The van der Waals surface area contributed by atoms with Gasteiger partial charge in [-0.15, -0.1) is 0 Å². The molecule has 0 aliphatic heterocycles. The van der Waals surface area contributed by atoms with Crippen molar-refractivity contribution in [3.8, 4) is 0 Å². The molecule has 0 radical (unpaired) electrons. The van der Waals surface area contributed by atoms with Gasteiger partial charge in [0.15, 0.2) is 5.65 Å². The van der Waals surface area contributed by atoms with E-state index in [-0.39, 0.29) is 0 Å². The van der Waals surface area contributed by atoms with E-state index in [0.29, 0.717) is 5.95 Å². The Morgan fingerprint density at radius 2 is 1.65 bits per heavy atom. The molecule has 0 aliphatic carbocycles. The molecule has 3 aromatic rings. The molecule has 0 bridgehead atoms. The van der Waals surface area contributed by atoms with Gasteiger partial charge in [-0.05, 0) is 64.7 Å². The number of benzene rings is 1. The number of hydrogen-bond acceptors (Lipinski definition) is 5. The first-order chi connectivity index (χ1) is 15.1. The van der Waals surface area contributed by atoms with Crippen LogP contribution in [-0.2, 0) is 25.8 Å². The summed E-state index contributed by atoms with van der Waals surface area (Å²) in [6.45, 7) is 4.26. The number of nitrogens with two attached hydrogens (primary N) is 1. The van der Waals surface area contributed by atoms with Crippen LogP contribution in [0.4, 0.5) is 5.95 Å². The van der Waals surface area contributed by atoms with Crippen LogP contribution in [0.5, 0.6) is 0 Å². The second kappa shape index (κ2) is 11.8. The maximum Gasteiger partial charge on any atom is 0.222 e. The molecule has 0 atom stereocenters. The van der Waals surface area contributed by atoms with Gasteiger partial charge >= 0.3 is 0 Å². The third-order valence-corrected chi connectivity index (χ3v) is 5.73. The summed E-state index contributed by atoms with van der Waals surface area (Å²) in [6.07, 6.45) is 9.81. The van der Waals surface area contributed by atoms with Gasteiger partial charge in [0.1, 0.15) is 11.3 Å². The fourth-order valence-corrected chi connectivity index (χ4v) is 4.12. The monoisotopic (exact) mass is 422 g/mol. The Kier molecular flexibility index (Phi) is 8.83. The second-order valence-corrected chi connectivity index (χ2v) is 8.69. The number of nitrogen functional groups attached to an aromatic ring is 1. The maximum atomic E-state index is 6.04. The standard InChI is InChI=1S/C25H38N6/c1-4-5-7-16-21-23-24(29-25(26)27-21)28-22(17-10-11-18-30(2)3)31(23)19-12-15-20-13-8-6-9-14-20/h6,8-9,13-14H,4-5,7,10-12,15-19H2,1-3H3,(H2,26,27,29). The van der Waals surface area contributed by atoms with Crippen LogP contribution in [0.15, 0.2) is 30.3 Å². The largest absolute Gasteiger partial charge is 0.368 e. The molecule has 168 valence electrons. The van der Waals surface area contributed by atoms with Crippen LogP contribution in [-0.4, -0.2) is 45.1 Å². The number of fused-ring (bicyclic) bond motifs is 1. The van der Waals surface area contributed by atoms with Crippen LogP contribution in [0.2, 0.25) is 0 Å². The molecular weight excluding hydrogens is 384 g/mol. The highest BCUT2D eigenvalue weighted by Crippen LogP contribution is 2.23. The summed E-state index contributed by atoms with van der Waals surface area (Å²) in [4.78, 5) is 16.3. The van der Waals surface area contributed by atoms with Gasteiger partial charge in [0, 0.05) is 13.0 Å². The number of rotatable bonds is 13. The van der Waals surface area contributed by atoms with E-state index in [0.717, 1.165) is 80.7 Å². The van der Waals surface area contributed by atoms with E-state index in [9.17, 15) is 0 Å². The summed E-state index contributed by atoms with van der Waals surface area (Å²) in [6, 6.07) is 10.7. The molecule has 0 fully saturated rings. The second-order valence-electron chi connectivity index (χ2n) is 8.69. The summed E-state index contributed by atoms with van der Waals surface area (Å²) in [7, 11) is 4.25. The van der Waals surface area contributed by atoms with Crippen molar-refractivity contribution in [3.05, 3.63) is 47.4 Å². The van der Waals surface area contributed by atoms with E-state index in [1.165, 1.54) is 18.4 Å². The first-order valence-electron chi connectivity index (χ1n) is 11.8. The molecule has 1 aromatic carbocycles. The highest BCUT2D eigenvalue weighted by atomic mass is 15.2. The van der Waals surface area contributed by atoms with E-state index in [2.05, 4.69) is 70.8 Å². The Morgan fingerprint density at radius 3 is 2.39 bits per heavy atom.